The number of fused-ring (bicyclic) bond motifs is 1. The van der Waals surface area contributed by atoms with Crippen LogP contribution in [0.15, 0.2) is 6.07 Å². The van der Waals surface area contributed by atoms with Crippen molar-refractivity contribution < 1.29 is 0 Å². The van der Waals surface area contributed by atoms with Gasteiger partial charge in [-0.2, -0.15) is 5.10 Å². The molecule has 70 valence electrons. The van der Waals surface area contributed by atoms with Gasteiger partial charge in [-0.05, 0) is 43.4 Å². The summed E-state index contributed by atoms with van der Waals surface area (Å²) in [5, 5.41) is 6.95. The van der Waals surface area contributed by atoms with Gasteiger partial charge in [0.25, 0.3) is 0 Å². The Kier molecular flexibility index (Phi) is 1.43. The van der Waals surface area contributed by atoms with E-state index in [1.165, 1.54) is 25.0 Å². The number of nitrogens with zero attached hydrogens (tertiary/aromatic N) is 1. The zero-order valence-corrected chi connectivity index (χ0v) is 7.66. The number of nitrogen functional groups attached to an aromatic ring is 1. The molecule has 0 radical (unpaired) electrons. The summed E-state index contributed by atoms with van der Waals surface area (Å²) >= 11 is 0. The Balaban J connectivity index is 1.68. The van der Waals surface area contributed by atoms with Crippen LogP contribution in [0.4, 0.5) is 5.82 Å². The van der Waals surface area contributed by atoms with Crippen LogP contribution in [0.3, 0.4) is 0 Å². The summed E-state index contributed by atoms with van der Waals surface area (Å²) in [5.41, 5.74) is 6.77. The summed E-state index contributed by atoms with van der Waals surface area (Å²) in [6.07, 6.45) is 5.51. The van der Waals surface area contributed by atoms with Gasteiger partial charge in [0.1, 0.15) is 5.82 Å². The largest absolute Gasteiger partial charge is 0.382 e. The molecule has 2 saturated carbocycles. The molecule has 1 aromatic heterocycles. The Morgan fingerprint density at radius 3 is 3.00 bits per heavy atom. The lowest BCUT2D eigenvalue weighted by Gasteiger charge is -2.08. The number of nitrogens with one attached hydrogen (secondary N) is 1. The van der Waals surface area contributed by atoms with E-state index in [9.17, 15) is 0 Å². The first kappa shape index (κ1) is 7.42. The molecule has 13 heavy (non-hydrogen) atoms. The number of nitrogens with two attached hydrogens (primary N) is 1. The average molecular weight is 177 g/mol. The third-order valence-electron chi connectivity index (χ3n) is 3.62. The molecule has 3 rings (SSSR count). The maximum absolute atomic E-state index is 5.56. The number of aromatic amines is 1. The first-order chi connectivity index (χ1) is 6.33. The zero-order chi connectivity index (χ0) is 8.84. The normalized spacial score (nSPS) is 36.2. The summed E-state index contributed by atoms with van der Waals surface area (Å²) in [5.74, 6) is 3.64. The summed E-state index contributed by atoms with van der Waals surface area (Å²) in [6, 6.07) is 1.97. The van der Waals surface area contributed by atoms with Crippen molar-refractivity contribution in [3.8, 4) is 0 Å². The number of anilines is 1. The highest BCUT2D eigenvalue weighted by Crippen LogP contribution is 2.56. The van der Waals surface area contributed by atoms with E-state index in [0.29, 0.717) is 5.82 Å². The molecule has 2 aliphatic rings. The summed E-state index contributed by atoms with van der Waals surface area (Å²) < 4.78 is 0. The van der Waals surface area contributed by atoms with Crippen LogP contribution in [0, 0.1) is 17.8 Å². The minimum Gasteiger partial charge on any atom is -0.382 e. The van der Waals surface area contributed by atoms with Crippen molar-refractivity contribution in [3.63, 3.8) is 0 Å². The van der Waals surface area contributed by atoms with Gasteiger partial charge in [0, 0.05) is 11.8 Å². The minimum absolute atomic E-state index is 0.625. The molecule has 1 unspecified atom stereocenters. The van der Waals surface area contributed by atoms with Crippen molar-refractivity contribution >= 4 is 5.82 Å². The minimum atomic E-state index is 0.625. The summed E-state index contributed by atoms with van der Waals surface area (Å²) in [7, 11) is 0. The number of hydrogen-bond donors (Lipinski definition) is 2. The fourth-order valence-corrected chi connectivity index (χ4v) is 2.84. The van der Waals surface area contributed by atoms with E-state index >= 15 is 0 Å². The Morgan fingerprint density at radius 1 is 1.54 bits per heavy atom. The van der Waals surface area contributed by atoms with Gasteiger partial charge in [-0.25, -0.2) is 0 Å². The maximum Gasteiger partial charge on any atom is 0.145 e. The van der Waals surface area contributed by atoms with E-state index in [4.69, 9.17) is 5.73 Å². The van der Waals surface area contributed by atoms with Crippen LogP contribution < -0.4 is 5.73 Å². The lowest BCUT2D eigenvalue weighted by atomic mass is 9.98. The molecular formula is C10H15N3. The molecule has 3 heteroatoms. The van der Waals surface area contributed by atoms with Gasteiger partial charge >= 0.3 is 0 Å². The molecule has 0 spiro atoms. The van der Waals surface area contributed by atoms with E-state index in [2.05, 4.69) is 10.2 Å². The average Bonchev–Trinajstić information content (AvgIpc) is 2.63. The van der Waals surface area contributed by atoms with E-state index in [0.717, 1.165) is 24.2 Å². The molecule has 1 heterocycles. The fraction of sp³-hybridized carbons (Fsp3) is 0.700. The first-order valence-corrected chi connectivity index (χ1v) is 5.12. The lowest BCUT2D eigenvalue weighted by Crippen LogP contribution is -2.03. The summed E-state index contributed by atoms with van der Waals surface area (Å²) in [6.45, 7) is 0. The van der Waals surface area contributed by atoms with Gasteiger partial charge in [-0.1, -0.05) is 0 Å². The number of hydrogen-bond acceptors (Lipinski definition) is 2. The lowest BCUT2D eigenvalue weighted by molar-refractivity contribution is 0.472. The van der Waals surface area contributed by atoms with Crippen molar-refractivity contribution in [3.05, 3.63) is 11.8 Å². The second-order valence-electron chi connectivity index (χ2n) is 4.52. The molecule has 3 N–H and O–H groups in total. The smallest absolute Gasteiger partial charge is 0.145 e. The van der Waals surface area contributed by atoms with E-state index in [1.54, 1.807) is 0 Å². The molecule has 3 nitrogen and oxygen atoms in total. The van der Waals surface area contributed by atoms with Crippen LogP contribution in [0.25, 0.3) is 0 Å². The monoisotopic (exact) mass is 177 g/mol. The summed E-state index contributed by atoms with van der Waals surface area (Å²) in [4.78, 5) is 0. The Labute approximate surface area is 77.7 Å². The molecule has 1 aromatic rings. The molecule has 0 aliphatic heterocycles. The third kappa shape index (κ3) is 1.23. The van der Waals surface area contributed by atoms with Crippen LogP contribution in [0.5, 0.6) is 0 Å². The van der Waals surface area contributed by atoms with Crippen molar-refractivity contribution in [1.82, 2.24) is 10.2 Å². The van der Waals surface area contributed by atoms with Gasteiger partial charge in [-0.15, -0.1) is 0 Å². The topological polar surface area (TPSA) is 54.7 Å². The maximum atomic E-state index is 5.56. The fourth-order valence-electron chi connectivity index (χ4n) is 2.84. The number of aromatic nitrogens is 2. The highest BCUT2D eigenvalue weighted by Gasteiger charge is 2.47. The molecule has 0 saturated heterocycles. The van der Waals surface area contributed by atoms with Gasteiger partial charge < -0.3 is 5.73 Å². The standard InChI is InChI=1S/C10H15N3/c11-10-5-8(12-13-10)3-6-1-2-7-4-9(6)7/h5-7,9H,1-4H2,(H3,11,12,13)/t6?,7-,9-/m1/s1. The molecule has 0 bridgehead atoms. The Morgan fingerprint density at radius 2 is 2.46 bits per heavy atom. The molecular weight excluding hydrogens is 162 g/mol. The Bertz CT molecular complexity index is 318. The molecule has 2 aliphatic carbocycles. The second kappa shape index (κ2) is 2.50. The molecule has 2 fully saturated rings. The molecule has 0 amide bonds. The van der Waals surface area contributed by atoms with E-state index in [-0.39, 0.29) is 0 Å². The van der Waals surface area contributed by atoms with Crippen molar-refractivity contribution in [2.45, 2.75) is 25.7 Å². The SMILES string of the molecule is Nc1cc(CC2CC[C@@H]3C[C@H]23)[nH]n1. The van der Waals surface area contributed by atoms with Crippen molar-refractivity contribution in [1.29, 1.82) is 0 Å². The van der Waals surface area contributed by atoms with Crippen molar-refractivity contribution in [2.24, 2.45) is 17.8 Å². The van der Waals surface area contributed by atoms with Gasteiger partial charge in [0.05, 0.1) is 0 Å². The molecule has 3 atom stereocenters. The highest BCUT2D eigenvalue weighted by atomic mass is 15.2. The molecule has 0 aromatic carbocycles. The van der Waals surface area contributed by atoms with Crippen LogP contribution in [-0.4, -0.2) is 10.2 Å². The second-order valence-corrected chi connectivity index (χ2v) is 4.52. The van der Waals surface area contributed by atoms with Crippen molar-refractivity contribution in [2.75, 3.05) is 5.73 Å². The highest BCUT2D eigenvalue weighted by molar-refractivity contribution is 5.28. The first-order valence-electron chi connectivity index (χ1n) is 5.12. The van der Waals surface area contributed by atoms with Gasteiger partial charge in [0.2, 0.25) is 0 Å². The zero-order valence-electron chi connectivity index (χ0n) is 7.66. The van der Waals surface area contributed by atoms with E-state index in [1.807, 2.05) is 6.07 Å². The van der Waals surface area contributed by atoms with Crippen LogP contribution in [-0.2, 0) is 6.42 Å². The van der Waals surface area contributed by atoms with Crippen LogP contribution in [0.1, 0.15) is 25.0 Å². The predicted octanol–water partition coefficient (Wildman–Crippen LogP) is 1.58. The predicted molar refractivity (Wildman–Crippen MR) is 51.0 cm³/mol. The number of H-pyrrole nitrogens is 1. The van der Waals surface area contributed by atoms with Gasteiger partial charge in [0.15, 0.2) is 0 Å². The van der Waals surface area contributed by atoms with Crippen LogP contribution in [0.2, 0.25) is 0 Å². The van der Waals surface area contributed by atoms with E-state index < -0.39 is 0 Å². The Hall–Kier alpha value is -0.990. The van der Waals surface area contributed by atoms with Crippen LogP contribution >= 0.6 is 0 Å². The van der Waals surface area contributed by atoms with Gasteiger partial charge in [-0.3, -0.25) is 5.10 Å². The number of rotatable bonds is 2. The third-order valence-corrected chi connectivity index (χ3v) is 3.62. The quantitative estimate of drug-likeness (QED) is 0.720.